The van der Waals surface area contributed by atoms with E-state index in [0.29, 0.717) is 16.3 Å². The van der Waals surface area contributed by atoms with Crippen molar-refractivity contribution in [3.8, 4) is 0 Å². The van der Waals surface area contributed by atoms with E-state index in [-0.39, 0.29) is 12.5 Å². The number of thiophene rings is 1. The summed E-state index contributed by atoms with van der Waals surface area (Å²) in [6.45, 7) is 3.76. The molecule has 0 unspecified atom stereocenters. The molecule has 0 saturated carbocycles. The van der Waals surface area contributed by atoms with Gasteiger partial charge in [0.1, 0.15) is 0 Å². The number of hydrazone groups is 1. The summed E-state index contributed by atoms with van der Waals surface area (Å²) in [6, 6.07) is 10.8. The molecule has 1 aromatic heterocycles. The van der Waals surface area contributed by atoms with Gasteiger partial charge in [-0.25, -0.2) is 10.2 Å². The minimum atomic E-state index is -0.603. The van der Waals surface area contributed by atoms with Crippen LogP contribution in [0.3, 0.4) is 0 Å². The van der Waals surface area contributed by atoms with Crippen molar-refractivity contribution in [1.82, 2.24) is 5.43 Å². The zero-order valence-electron chi connectivity index (χ0n) is 12.8. The summed E-state index contributed by atoms with van der Waals surface area (Å²) in [5.74, 6) is -0.156. The highest BCUT2D eigenvalue weighted by atomic mass is 32.1. The summed E-state index contributed by atoms with van der Waals surface area (Å²) in [7, 11) is 0. The number of amides is 2. The van der Waals surface area contributed by atoms with Crippen molar-refractivity contribution >= 4 is 34.7 Å². The smallest absolute Gasteiger partial charge is 0.427 e. The van der Waals surface area contributed by atoms with Crippen LogP contribution in [-0.4, -0.2) is 24.3 Å². The normalized spacial score (nSPS) is 11.0. The molecule has 2 aromatic rings. The zero-order valence-corrected chi connectivity index (χ0v) is 13.6. The van der Waals surface area contributed by atoms with Gasteiger partial charge in [-0.1, -0.05) is 18.2 Å². The van der Waals surface area contributed by atoms with Crippen LogP contribution < -0.4 is 10.7 Å². The van der Waals surface area contributed by atoms with Crippen molar-refractivity contribution in [2.45, 2.75) is 13.8 Å². The van der Waals surface area contributed by atoms with Gasteiger partial charge in [-0.3, -0.25) is 4.79 Å². The predicted molar refractivity (Wildman–Crippen MR) is 91.1 cm³/mol. The molecule has 23 heavy (non-hydrogen) atoms. The van der Waals surface area contributed by atoms with E-state index in [1.165, 1.54) is 11.3 Å². The molecular formula is C16H17N3O3S. The molecule has 0 atom stereocenters. The van der Waals surface area contributed by atoms with Crippen LogP contribution in [-0.2, 0) is 4.74 Å². The minimum absolute atomic E-state index is 0.156. The van der Waals surface area contributed by atoms with Crippen LogP contribution in [0.25, 0.3) is 0 Å². The van der Waals surface area contributed by atoms with E-state index < -0.39 is 6.09 Å². The molecule has 0 radical (unpaired) electrons. The Morgan fingerprint density at radius 2 is 2.09 bits per heavy atom. The Bertz CT molecular complexity index is 711. The lowest BCUT2D eigenvalue weighted by molar-refractivity contribution is 0.103. The van der Waals surface area contributed by atoms with Crippen LogP contribution in [0.4, 0.5) is 10.5 Å². The Labute approximate surface area is 138 Å². The van der Waals surface area contributed by atoms with Crippen LogP contribution in [0.5, 0.6) is 0 Å². The summed E-state index contributed by atoms with van der Waals surface area (Å²) in [5.41, 5.74) is 4.35. The lowest BCUT2D eigenvalue weighted by Gasteiger charge is -2.07. The lowest BCUT2D eigenvalue weighted by atomic mass is 10.1. The Morgan fingerprint density at radius 1 is 1.26 bits per heavy atom. The first-order valence-corrected chi connectivity index (χ1v) is 7.90. The first kappa shape index (κ1) is 16.7. The standard InChI is InChI=1S/C16H17N3O3S/c1-3-22-16(21)19-18-11(2)12-6-4-7-13(10-12)17-15(20)14-8-5-9-23-14/h4-10H,3H2,1-2H3,(H,17,20)(H,19,21). The van der Waals surface area contributed by atoms with Gasteiger partial charge >= 0.3 is 6.09 Å². The van der Waals surface area contributed by atoms with E-state index in [1.54, 1.807) is 32.0 Å². The number of nitrogens with one attached hydrogen (secondary N) is 2. The third-order valence-corrected chi connectivity index (χ3v) is 3.74. The van der Waals surface area contributed by atoms with E-state index in [4.69, 9.17) is 4.74 Å². The minimum Gasteiger partial charge on any atom is -0.449 e. The molecule has 2 rings (SSSR count). The number of carbonyl (C=O) groups is 2. The first-order chi connectivity index (χ1) is 11.1. The van der Waals surface area contributed by atoms with Crippen molar-refractivity contribution < 1.29 is 14.3 Å². The molecule has 1 heterocycles. The Kier molecular flexibility index (Phi) is 5.87. The SMILES string of the molecule is CCOC(=O)NN=C(C)c1cccc(NC(=O)c2cccs2)c1. The van der Waals surface area contributed by atoms with Gasteiger partial charge in [-0.05, 0) is 43.0 Å². The maximum Gasteiger partial charge on any atom is 0.427 e. The van der Waals surface area contributed by atoms with E-state index in [0.717, 1.165) is 5.56 Å². The Balaban J connectivity index is 2.05. The number of anilines is 1. The topological polar surface area (TPSA) is 79.8 Å². The van der Waals surface area contributed by atoms with Gasteiger partial charge in [-0.2, -0.15) is 5.10 Å². The van der Waals surface area contributed by atoms with Gasteiger partial charge in [0, 0.05) is 5.69 Å². The highest BCUT2D eigenvalue weighted by Crippen LogP contribution is 2.15. The van der Waals surface area contributed by atoms with E-state index >= 15 is 0 Å². The predicted octanol–water partition coefficient (Wildman–Crippen LogP) is 3.47. The molecule has 7 heteroatoms. The summed E-state index contributed by atoms with van der Waals surface area (Å²) in [4.78, 5) is 23.9. The summed E-state index contributed by atoms with van der Waals surface area (Å²) in [5, 5.41) is 8.64. The van der Waals surface area contributed by atoms with Gasteiger partial charge in [0.2, 0.25) is 0 Å². The fourth-order valence-electron chi connectivity index (χ4n) is 1.78. The van der Waals surface area contributed by atoms with E-state index in [1.807, 2.05) is 23.6 Å². The highest BCUT2D eigenvalue weighted by molar-refractivity contribution is 7.12. The molecule has 0 aliphatic carbocycles. The van der Waals surface area contributed by atoms with Crippen LogP contribution in [0.15, 0.2) is 46.9 Å². The molecule has 0 fully saturated rings. The molecule has 6 nitrogen and oxygen atoms in total. The summed E-state index contributed by atoms with van der Waals surface area (Å²) in [6.07, 6.45) is -0.603. The largest absolute Gasteiger partial charge is 0.449 e. The second kappa shape index (κ2) is 8.09. The van der Waals surface area contributed by atoms with Gasteiger partial charge in [0.25, 0.3) is 5.91 Å². The van der Waals surface area contributed by atoms with Crippen LogP contribution in [0, 0.1) is 0 Å². The average molecular weight is 331 g/mol. The molecule has 0 spiro atoms. The summed E-state index contributed by atoms with van der Waals surface area (Å²) < 4.78 is 4.73. The van der Waals surface area contributed by atoms with Crippen molar-refractivity contribution in [3.05, 3.63) is 52.2 Å². The number of rotatable bonds is 5. The van der Waals surface area contributed by atoms with Gasteiger partial charge in [-0.15, -0.1) is 11.3 Å². The molecule has 0 saturated heterocycles. The number of nitrogens with zero attached hydrogens (tertiary/aromatic N) is 1. The number of hydrogen-bond acceptors (Lipinski definition) is 5. The molecule has 0 bridgehead atoms. The Morgan fingerprint density at radius 3 is 2.78 bits per heavy atom. The first-order valence-electron chi connectivity index (χ1n) is 7.02. The van der Waals surface area contributed by atoms with Crippen molar-refractivity contribution in [3.63, 3.8) is 0 Å². The fourth-order valence-corrected chi connectivity index (χ4v) is 2.40. The average Bonchev–Trinajstić information content (AvgIpc) is 3.08. The number of hydrogen-bond donors (Lipinski definition) is 2. The van der Waals surface area contributed by atoms with Crippen molar-refractivity contribution in [2.24, 2.45) is 5.10 Å². The molecule has 2 N–H and O–H groups in total. The van der Waals surface area contributed by atoms with Crippen molar-refractivity contribution in [2.75, 3.05) is 11.9 Å². The number of ether oxygens (including phenoxy) is 1. The maximum atomic E-state index is 12.0. The van der Waals surface area contributed by atoms with Crippen molar-refractivity contribution in [1.29, 1.82) is 0 Å². The molecule has 0 aliphatic heterocycles. The van der Waals surface area contributed by atoms with Crippen LogP contribution in [0.1, 0.15) is 29.1 Å². The number of benzene rings is 1. The molecule has 2 amide bonds. The summed E-state index contributed by atoms with van der Waals surface area (Å²) >= 11 is 1.38. The number of carbonyl (C=O) groups excluding carboxylic acids is 2. The van der Waals surface area contributed by atoms with Crippen LogP contribution >= 0.6 is 11.3 Å². The highest BCUT2D eigenvalue weighted by Gasteiger charge is 2.08. The zero-order chi connectivity index (χ0) is 16.7. The third kappa shape index (κ3) is 4.93. The second-order valence-corrected chi connectivity index (χ2v) is 5.49. The quantitative estimate of drug-likeness (QED) is 0.650. The van der Waals surface area contributed by atoms with Gasteiger partial charge in [0.15, 0.2) is 0 Å². The third-order valence-electron chi connectivity index (χ3n) is 2.87. The monoisotopic (exact) mass is 331 g/mol. The van der Waals surface area contributed by atoms with Gasteiger partial charge < -0.3 is 10.1 Å². The van der Waals surface area contributed by atoms with E-state index in [9.17, 15) is 9.59 Å². The van der Waals surface area contributed by atoms with Crippen LogP contribution in [0.2, 0.25) is 0 Å². The maximum absolute atomic E-state index is 12.0. The van der Waals surface area contributed by atoms with Gasteiger partial charge in [0.05, 0.1) is 17.2 Å². The molecule has 0 aliphatic rings. The van der Waals surface area contributed by atoms with E-state index in [2.05, 4.69) is 15.8 Å². The Hall–Kier alpha value is -2.67. The molecule has 120 valence electrons. The second-order valence-electron chi connectivity index (χ2n) is 4.54. The fraction of sp³-hybridized carbons (Fsp3) is 0.188. The lowest BCUT2D eigenvalue weighted by Crippen LogP contribution is -2.20. The molecular weight excluding hydrogens is 314 g/mol. The molecule has 1 aromatic carbocycles.